The van der Waals surface area contributed by atoms with Gasteiger partial charge in [0.25, 0.3) is 0 Å². The second-order valence-electron chi connectivity index (χ2n) is 4.60. The molecule has 0 saturated heterocycles. The van der Waals surface area contributed by atoms with Crippen LogP contribution in [-0.4, -0.2) is 0 Å². The van der Waals surface area contributed by atoms with E-state index in [0.29, 0.717) is 5.92 Å². The molecule has 0 aromatic heterocycles. The molecule has 0 aliphatic heterocycles. The van der Waals surface area contributed by atoms with Gasteiger partial charge in [-0.25, -0.2) is 0 Å². The highest BCUT2D eigenvalue weighted by Crippen LogP contribution is 2.25. The van der Waals surface area contributed by atoms with Crippen molar-refractivity contribution in [1.82, 2.24) is 0 Å². The zero-order valence-corrected chi connectivity index (χ0v) is 11.6. The Kier molecular flexibility index (Phi) is 10.8. The monoisotopic (exact) mass is 235 g/mol. The topological polar surface area (TPSA) is 26.0 Å². The first-order chi connectivity index (χ1) is 8.29. The second-order valence-corrected chi connectivity index (χ2v) is 4.60. The largest absolute Gasteiger partial charge is 0.405 e. The summed E-state index contributed by atoms with van der Waals surface area (Å²) in [6, 6.07) is 0. The molecule has 1 heteroatoms. The Hall–Kier alpha value is -0.980. The molecule has 0 bridgehead atoms. The first-order valence-electron chi connectivity index (χ1n) is 7.00. The maximum Gasteiger partial charge on any atom is -0.00595 e. The maximum atomic E-state index is 5.53. The van der Waals surface area contributed by atoms with E-state index in [9.17, 15) is 0 Å². The van der Waals surface area contributed by atoms with Crippen LogP contribution in [0.3, 0.4) is 0 Å². The van der Waals surface area contributed by atoms with Gasteiger partial charge in [0.1, 0.15) is 0 Å². The number of rotatable bonds is 10. The Bertz CT molecular complexity index is 238. The molecule has 0 aliphatic carbocycles. The highest BCUT2D eigenvalue weighted by molar-refractivity contribution is 5.25. The van der Waals surface area contributed by atoms with Crippen molar-refractivity contribution in [2.75, 3.05) is 0 Å². The molecular weight excluding hydrogens is 206 g/mol. The molecule has 0 amide bonds. The fraction of sp³-hybridized carbons (Fsp3) is 0.625. The maximum absolute atomic E-state index is 5.53. The van der Waals surface area contributed by atoms with E-state index in [-0.39, 0.29) is 0 Å². The highest BCUT2D eigenvalue weighted by atomic mass is 14.5. The molecule has 0 aromatic carbocycles. The van der Waals surface area contributed by atoms with Crippen molar-refractivity contribution < 1.29 is 0 Å². The summed E-state index contributed by atoms with van der Waals surface area (Å²) in [4.78, 5) is 0. The van der Waals surface area contributed by atoms with Crippen molar-refractivity contribution in [3.8, 4) is 0 Å². The molecule has 0 aliphatic rings. The van der Waals surface area contributed by atoms with E-state index in [1.165, 1.54) is 50.5 Å². The van der Waals surface area contributed by atoms with Crippen LogP contribution in [0.4, 0.5) is 0 Å². The van der Waals surface area contributed by atoms with Crippen LogP contribution in [0, 0.1) is 5.92 Å². The van der Waals surface area contributed by atoms with E-state index >= 15 is 0 Å². The molecule has 0 radical (unpaired) electrons. The van der Waals surface area contributed by atoms with Crippen LogP contribution < -0.4 is 5.73 Å². The van der Waals surface area contributed by atoms with Crippen molar-refractivity contribution >= 4 is 0 Å². The third-order valence-corrected chi connectivity index (χ3v) is 3.13. The Labute approximate surface area is 107 Å². The van der Waals surface area contributed by atoms with E-state index in [1.54, 1.807) is 6.20 Å². The molecule has 17 heavy (non-hydrogen) atoms. The van der Waals surface area contributed by atoms with Gasteiger partial charge in [-0.2, -0.15) is 0 Å². The van der Waals surface area contributed by atoms with E-state index in [4.69, 9.17) is 5.73 Å². The van der Waals surface area contributed by atoms with Gasteiger partial charge in [0.05, 0.1) is 0 Å². The third kappa shape index (κ3) is 7.84. The van der Waals surface area contributed by atoms with E-state index in [1.807, 2.05) is 12.2 Å². The van der Waals surface area contributed by atoms with Crippen LogP contribution in [0.2, 0.25) is 0 Å². The van der Waals surface area contributed by atoms with Crippen LogP contribution in [0.1, 0.15) is 58.8 Å². The van der Waals surface area contributed by atoms with Gasteiger partial charge in [-0.1, -0.05) is 64.7 Å². The normalized spacial score (nSPS) is 14.1. The zero-order chi connectivity index (χ0) is 12.9. The Morgan fingerprint density at radius 2 is 1.76 bits per heavy atom. The Balaban J connectivity index is 4.48. The predicted molar refractivity (Wildman–Crippen MR) is 78.8 cm³/mol. The summed E-state index contributed by atoms with van der Waals surface area (Å²) in [5, 5.41) is 0. The molecule has 0 spiro atoms. The van der Waals surface area contributed by atoms with Gasteiger partial charge < -0.3 is 5.73 Å². The van der Waals surface area contributed by atoms with Gasteiger partial charge in [-0.15, -0.1) is 0 Å². The van der Waals surface area contributed by atoms with Crippen LogP contribution in [-0.2, 0) is 0 Å². The molecule has 0 rings (SSSR count). The number of hydrogen-bond donors (Lipinski definition) is 1. The van der Waals surface area contributed by atoms with Crippen LogP contribution in [0.25, 0.3) is 0 Å². The third-order valence-electron chi connectivity index (χ3n) is 3.13. The molecular formula is C16H29N. The molecule has 0 aromatic rings. The summed E-state index contributed by atoms with van der Waals surface area (Å²) < 4.78 is 0. The molecule has 1 atom stereocenters. The molecule has 1 unspecified atom stereocenters. The average molecular weight is 235 g/mol. The van der Waals surface area contributed by atoms with E-state index in [0.717, 1.165) is 0 Å². The fourth-order valence-electron chi connectivity index (χ4n) is 2.14. The number of unbranched alkanes of at least 4 members (excludes halogenated alkanes) is 3. The smallest absolute Gasteiger partial charge is 0.00595 e. The minimum Gasteiger partial charge on any atom is -0.405 e. The summed E-state index contributed by atoms with van der Waals surface area (Å²) in [6.45, 7) is 8.29. The van der Waals surface area contributed by atoms with Gasteiger partial charge in [0.2, 0.25) is 0 Å². The standard InChI is InChI=1S/C16H29N/c1-4-7-9-12-16(11-8-5-2)15(10-6-3)13-14-17/h6,10,13-14,16H,3-5,7-9,11-12,17H2,1-2H3/b14-13-,15-10+. The van der Waals surface area contributed by atoms with Crippen LogP contribution in [0.5, 0.6) is 0 Å². The van der Waals surface area contributed by atoms with Crippen LogP contribution in [0.15, 0.2) is 36.6 Å². The number of allylic oxidation sites excluding steroid dienone is 4. The predicted octanol–water partition coefficient (Wildman–Crippen LogP) is 4.96. The lowest BCUT2D eigenvalue weighted by molar-refractivity contribution is 0.475. The molecule has 1 nitrogen and oxygen atoms in total. The molecule has 2 N–H and O–H groups in total. The summed E-state index contributed by atoms with van der Waals surface area (Å²) in [5.41, 5.74) is 6.87. The highest BCUT2D eigenvalue weighted by Gasteiger charge is 2.11. The van der Waals surface area contributed by atoms with Gasteiger partial charge in [0, 0.05) is 0 Å². The summed E-state index contributed by atoms with van der Waals surface area (Å²) in [7, 11) is 0. The second kappa shape index (κ2) is 11.5. The van der Waals surface area contributed by atoms with Gasteiger partial charge in [-0.05, 0) is 36.6 Å². The Morgan fingerprint density at radius 3 is 2.29 bits per heavy atom. The summed E-state index contributed by atoms with van der Waals surface area (Å²) in [6.07, 6.45) is 16.7. The molecule has 0 heterocycles. The fourth-order valence-corrected chi connectivity index (χ4v) is 2.14. The van der Waals surface area contributed by atoms with Crippen LogP contribution >= 0.6 is 0 Å². The van der Waals surface area contributed by atoms with Crippen molar-refractivity contribution in [3.05, 3.63) is 36.6 Å². The number of nitrogens with two attached hydrogens (primary N) is 1. The quantitative estimate of drug-likeness (QED) is 0.420. The first-order valence-corrected chi connectivity index (χ1v) is 7.00. The van der Waals surface area contributed by atoms with Crippen molar-refractivity contribution in [2.45, 2.75) is 58.8 Å². The zero-order valence-electron chi connectivity index (χ0n) is 11.6. The van der Waals surface area contributed by atoms with E-state index in [2.05, 4.69) is 26.5 Å². The average Bonchev–Trinajstić information content (AvgIpc) is 2.33. The lowest BCUT2D eigenvalue weighted by atomic mass is 9.88. The minimum absolute atomic E-state index is 0.652. The lowest BCUT2D eigenvalue weighted by Crippen LogP contribution is -2.04. The lowest BCUT2D eigenvalue weighted by Gasteiger charge is -2.18. The Morgan fingerprint density at radius 1 is 1.12 bits per heavy atom. The molecule has 0 saturated carbocycles. The first kappa shape index (κ1) is 16.0. The summed E-state index contributed by atoms with van der Waals surface area (Å²) in [5.74, 6) is 0.652. The molecule has 0 fully saturated rings. The van der Waals surface area contributed by atoms with Gasteiger partial charge >= 0.3 is 0 Å². The van der Waals surface area contributed by atoms with Gasteiger partial charge in [-0.3, -0.25) is 0 Å². The van der Waals surface area contributed by atoms with E-state index < -0.39 is 0 Å². The molecule has 98 valence electrons. The van der Waals surface area contributed by atoms with Gasteiger partial charge in [0.15, 0.2) is 0 Å². The van der Waals surface area contributed by atoms with Crippen molar-refractivity contribution in [2.24, 2.45) is 11.7 Å². The van der Waals surface area contributed by atoms with Crippen molar-refractivity contribution in [1.29, 1.82) is 0 Å². The summed E-state index contributed by atoms with van der Waals surface area (Å²) >= 11 is 0. The minimum atomic E-state index is 0.652. The number of hydrogen-bond acceptors (Lipinski definition) is 1. The SMILES string of the molecule is C=C/C=C(\C=C/N)C(CCCC)CCCCC. The van der Waals surface area contributed by atoms with Crippen molar-refractivity contribution in [3.63, 3.8) is 0 Å².